The van der Waals surface area contributed by atoms with Crippen LogP contribution in [0.1, 0.15) is 30.7 Å². The maximum atomic E-state index is 6.18. The monoisotopic (exact) mass is 277 g/mol. The van der Waals surface area contributed by atoms with Crippen molar-refractivity contribution >= 4 is 11.6 Å². The summed E-state index contributed by atoms with van der Waals surface area (Å²) in [7, 11) is 0. The Balaban J connectivity index is 2.12. The Hall–Kier alpha value is -1.32. The van der Waals surface area contributed by atoms with Gasteiger partial charge in [-0.3, -0.25) is 4.68 Å². The fourth-order valence-corrected chi connectivity index (χ4v) is 2.12. The molecule has 0 spiro atoms. The van der Waals surface area contributed by atoms with Crippen LogP contribution in [-0.2, 0) is 13.1 Å². The minimum absolute atomic E-state index is 0.478. The second-order valence-electron chi connectivity index (χ2n) is 5.04. The van der Waals surface area contributed by atoms with Gasteiger partial charge in [0.05, 0.1) is 12.7 Å². The molecule has 3 nitrogen and oxygen atoms in total. The van der Waals surface area contributed by atoms with Crippen LogP contribution in [0.2, 0.25) is 5.02 Å². The summed E-state index contributed by atoms with van der Waals surface area (Å²) in [5.41, 5.74) is 3.52. The van der Waals surface area contributed by atoms with Gasteiger partial charge in [0.25, 0.3) is 0 Å². The van der Waals surface area contributed by atoms with Crippen molar-refractivity contribution in [3.05, 3.63) is 52.3 Å². The summed E-state index contributed by atoms with van der Waals surface area (Å²) in [6.45, 7) is 7.95. The Morgan fingerprint density at radius 1 is 1.26 bits per heavy atom. The Bertz CT molecular complexity index is 546. The Kier molecular flexibility index (Phi) is 4.61. The number of hydrogen-bond donors (Lipinski definition) is 1. The lowest BCUT2D eigenvalue weighted by molar-refractivity contribution is 0.585. The zero-order valence-electron chi connectivity index (χ0n) is 11.7. The van der Waals surface area contributed by atoms with Gasteiger partial charge in [-0.2, -0.15) is 5.10 Å². The normalized spacial score (nSPS) is 11.2. The van der Waals surface area contributed by atoms with E-state index in [4.69, 9.17) is 11.6 Å². The number of benzene rings is 1. The molecule has 0 radical (unpaired) electrons. The molecule has 102 valence electrons. The Morgan fingerprint density at radius 3 is 2.68 bits per heavy atom. The first-order valence-corrected chi connectivity index (χ1v) is 6.94. The zero-order valence-corrected chi connectivity index (χ0v) is 12.4. The van der Waals surface area contributed by atoms with Crippen molar-refractivity contribution in [3.63, 3.8) is 0 Å². The molecule has 0 fully saturated rings. The van der Waals surface area contributed by atoms with E-state index >= 15 is 0 Å². The summed E-state index contributed by atoms with van der Waals surface area (Å²) in [5, 5.41) is 8.65. The van der Waals surface area contributed by atoms with Gasteiger partial charge in [0.15, 0.2) is 0 Å². The van der Waals surface area contributed by atoms with Gasteiger partial charge in [0.2, 0.25) is 0 Å². The van der Waals surface area contributed by atoms with Gasteiger partial charge in [0.1, 0.15) is 0 Å². The lowest BCUT2D eigenvalue weighted by atomic mass is 10.2. The van der Waals surface area contributed by atoms with Crippen LogP contribution in [0.3, 0.4) is 0 Å². The average molecular weight is 278 g/mol. The van der Waals surface area contributed by atoms with Crippen molar-refractivity contribution in [2.24, 2.45) is 0 Å². The molecule has 0 aliphatic heterocycles. The van der Waals surface area contributed by atoms with Gasteiger partial charge in [-0.1, -0.05) is 43.6 Å². The molecule has 0 unspecified atom stereocenters. The summed E-state index contributed by atoms with van der Waals surface area (Å²) in [6, 6.07) is 8.37. The van der Waals surface area contributed by atoms with E-state index in [1.54, 1.807) is 0 Å². The fraction of sp³-hybridized carbons (Fsp3) is 0.400. The molecule has 1 heterocycles. The van der Waals surface area contributed by atoms with Gasteiger partial charge < -0.3 is 5.32 Å². The maximum Gasteiger partial charge on any atom is 0.0677 e. The molecule has 0 aliphatic rings. The first-order valence-electron chi connectivity index (χ1n) is 6.56. The molecule has 0 bridgehead atoms. The second kappa shape index (κ2) is 6.22. The van der Waals surface area contributed by atoms with Crippen LogP contribution < -0.4 is 5.32 Å². The average Bonchev–Trinajstić information content (AvgIpc) is 2.71. The lowest BCUT2D eigenvalue weighted by Gasteiger charge is -2.09. The van der Waals surface area contributed by atoms with Crippen molar-refractivity contribution in [1.82, 2.24) is 15.1 Å². The number of nitrogens with one attached hydrogen (secondary N) is 1. The molecule has 2 aromatic rings. The van der Waals surface area contributed by atoms with E-state index in [0.29, 0.717) is 12.6 Å². The number of aromatic nitrogens is 2. The molecular formula is C15H20ClN3. The van der Waals surface area contributed by atoms with E-state index < -0.39 is 0 Å². The highest BCUT2D eigenvalue weighted by molar-refractivity contribution is 6.31. The minimum Gasteiger partial charge on any atom is -0.310 e. The minimum atomic E-state index is 0.478. The molecule has 1 aromatic heterocycles. The van der Waals surface area contributed by atoms with E-state index in [0.717, 1.165) is 17.1 Å². The van der Waals surface area contributed by atoms with Gasteiger partial charge in [0, 0.05) is 28.9 Å². The second-order valence-corrected chi connectivity index (χ2v) is 5.45. The molecule has 0 saturated carbocycles. The number of rotatable bonds is 5. The predicted octanol–water partition coefficient (Wildman–Crippen LogP) is 3.39. The van der Waals surface area contributed by atoms with E-state index in [9.17, 15) is 0 Å². The molecule has 0 saturated heterocycles. The Labute approximate surface area is 119 Å². The van der Waals surface area contributed by atoms with Crippen molar-refractivity contribution in [3.8, 4) is 0 Å². The summed E-state index contributed by atoms with van der Waals surface area (Å²) in [5.74, 6) is 0. The highest BCUT2D eigenvalue weighted by atomic mass is 35.5. The van der Waals surface area contributed by atoms with Gasteiger partial charge in [-0.15, -0.1) is 0 Å². The summed E-state index contributed by atoms with van der Waals surface area (Å²) < 4.78 is 2.00. The molecule has 2 rings (SSSR count). The highest BCUT2D eigenvalue weighted by Crippen LogP contribution is 2.17. The van der Waals surface area contributed by atoms with Crippen molar-refractivity contribution in [2.45, 2.75) is 39.9 Å². The first-order chi connectivity index (χ1) is 9.08. The summed E-state index contributed by atoms with van der Waals surface area (Å²) >= 11 is 6.18. The molecule has 1 aromatic carbocycles. The molecule has 0 aliphatic carbocycles. The van der Waals surface area contributed by atoms with Crippen molar-refractivity contribution < 1.29 is 0 Å². The molecular weight excluding hydrogens is 258 g/mol. The van der Waals surface area contributed by atoms with Crippen LogP contribution in [-0.4, -0.2) is 15.8 Å². The third-order valence-corrected chi connectivity index (χ3v) is 3.55. The zero-order chi connectivity index (χ0) is 13.8. The van der Waals surface area contributed by atoms with Crippen LogP contribution in [0.25, 0.3) is 0 Å². The smallest absolute Gasteiger partial charge is 0.0677 e. The van der Waals surface area contributed by atoms with Gasteiger partial charge in [-0.25, -0.2) is 0 Å². The predicted molar refractivity (Wildman–Crippen MR) is 79.5 cm³/mol. The van der Waals surface area contributed by atoms with Crippen LogP contribution in [0.15, 0.2) is 30.5 Å². The summed E-state index contributed by atoms with van der Waals surface area (Å²) in [4.78, 5) is 0. The van der Waals surface area contributed by atoms with Gasteiger partial charge >= 0.3 is 0 Å². The third-order valence-electron chi connectivity index (χ3n) is 3.18. The van der Waals surface area contributed by atoms with E-state index in [1.807, 2.05) is 35.1 Å². The molecule has 1 N–H and O–H groups in total. The highest BCUT2D eigenvalue weighted by Gasteiger charge is 2.08. The fourth-order valence-electron chi connectivity index (χ4n) is 1.92. The van der Waals surface area contributed by atoms with Crippen LogP contribution in [0.4, 0.5) is 0 Å². The molecule has 0 atom stereocenters. The Morgan fingerprint density at radius 2 is 2.00 bits per heavy atom. The quantitative estimate of drug-likeness (QED) is 0.908. The van der Waals surface area contributed by atoms with Gasteiger partial charge in [-0.05, 0) is 18.6 Å². The first kappa shape index (κ1) is 14.1. The standard InChI is InChI=1S/C15H20ClN3/c1-11(2)17-8-14-9-18-19(12(14)3)10-13-6-4-5-7-15(13)16/h4-7,9,11,17H,8,10H2,1-3H3. The lowest BCUT2D eigenvalue weighted by Crippen LogP contribution is -2.22. The molecule has 4 heteroatoms. The summed E-state index contributed by atoms with van der Waals surface area (Å²) in [6.07, 6.45) is 1.93. The van der Waals surface area contributed by atoms with Crippen molar-refractivity contribution in [2.75, 3.05) is 0 Å². The van der Waals surface area contributed by atoms with Crippen molar-refractivity contribution in [1.29, 1.82) is 0 Å². The van der Waals surface area contributed by atoms with E-state index in [1.165, 1.54) is 11.3 Å². The topological polar surface area (TPSA) is 29.9 Å². The van der Waals surface area contributed by atoms with Crippen LogP contribution in [0.5, 0.6) is 0 Å². The molecule has 19 heavy (non-hydrogen) atoms. The maximum absolute atomic E-state index is 6.18. The SMILES string of the molecule is Cc1c(CNC(C)C)cnn1Cc1ccccc1Cl. The third kappa shape index (κ3) is 3.58. The van der Waals surface area contributed by atoms with E-state index in [-0.39, 0.29) is 0 Å². The number of nitrogens with zero attached hydrogens (tertiary/aromatic N) is 2. The van der Waals surface area contributed by atoms with Crippen LogP contribution >= 0.6 is 11.6 Å². The van der Waals surface area contributed by atoms with E-state index in [2.05, 4.69) is 31.2 Å². The number of halogens is 1. The molecule has 0 amide bonds. The number of hydrogen-bond acceptors (Lipinski definition) is 2. The largest absolute Gasteiger partial charge is 0.310 e. The van der Waals surface area contributed by atoms with Crippen LogP contribution in [0, 0.1) is 6.92 Å².